The Morgan fingerprint density at radius 3 is 2.39 bits per heavy atom. The number of halogens is 1. The minimum atomic E-state index is -1.91. The van der Waals surface area contributed by atoms with Gasteiger partial charge in [0, 0.05) is 37.5 Å². The van der Waals surface area contributed by atoms with E-state index in [1.807, 2.05) is 32.0 Å². The van der Waals surface area contributed by atoms with Crippen LogP contribution in [0.1, 0.15) is 5.56 Å². The van der Waals surface area contributed by atoms with E-state index in [-0.39, 0.29) is 0 Å². The first-order valence-corrected chi connectivity index (χ1v) is 7.08. The molecule has 1 unspecified atom stereocenters. The third kappa shape index (κ3) is 3.61. The molecule has 0 heterocycles. The predicted molar refractivity (Wildman–Crippen MR) is 73.3 cm³/mol. The molecule has 1 aromatic rings. The van der Waals surface area contributed by atoms with Crippen LogP contribution in [0.5, 0.6) is 5.75 Å². The van der Waals surface area contributed by atoms with Crippen molar-refractivity contribution in [2.24, 2.45) is 0 Å². The zero-order valence-electron chi connectivity index (χ0n) is 10.6. The van der Waals surface area contributed by atoms with Gasteiger partial charge < -0.3 is 9.64 Å². The molecule has 0 saturated carbocycles. The van der Waals surface area contributed by atoms with E-state index < -0.39 is 16.3 Å². The summed E-state index contributed by atoms with van der Waals surface area (Å²) in [5.74, 6) is 0.386. The second kappa shape index (κ2) is 6.06. The minimum Gasteiger partial charge on any atom is -0.410 e. The molecule has 7 heteroatoms. The molecule has 0 aliphatic rings. The summed E-state index contributed by atoms with van der Waals surface area (Å²) in [7, 11) is 8.53. The van der Waals surface area contributed by atoms with E-state index >= 15 is 0 Å². The molecular weight excluding hydrogens is 276 g/mol. The highest BCUT2D eigenvalue weighted by atomic mass is 35.7. The number of anilines is 1. The summed E-state index contributed by atoms with van der Waals surface area (Å²) in [6, 6.07) is 5.25. The molecule has 100 valence electrons. The molecule has 1 rings (SSSR count). The van der Waals surface area contributed by atoms with Crippen LogP contribution in [0.25, 0.3) is 0 Å². The van der Waals surface area contributed by atoms with E-state index in [4.69, 9.17) is 15.4 Å². The summed E-state index contributed by atoms with van der Waals surface area (Å²) >= 11 is 0. The molecule has 1 aromatic carbocycles. The molecular formula is C11H15ClN2O3S. The zero-order valence-corrected chi connectivity index (χ0v) is 12.2. The van der Waals surface area contributed by atoms with Crippen molar-refractivity contribution >= 4 is 32.7 Å². The monoisotopic (exact) mass is 290 g/mol. The topological polar surface area (TPSA) is 49.9 Å². The number of rotatable bonds is 3. The standard InChI is InChI=1S/C11H15ClN2O3S/c1-8-7-9(5-6-10(8)13(2)3)17-11(15)14(4)18(12)16/h5-7H,1-4H3. The van der Waals surface area contributed by atoms with E-state index in [1.54, 1.807) is 12.1 Å². The van der Waals surface area contributed by atoms with Gasteiger partial charge in [-0.3, -0.25) is 0 Å². The number of hydrogen-bond acceptors (Lipinski definition) is 4. The Morgan fingerprint density at radius 1 is 1.33 bits per heavy atom. The molecule has 18 heavy (non-hydrogen) atoms. The maximum Gasteiger partial charge on any atom is 0.427 e. The lowest BCUT2D eigenvalue weighted by molar-refractivity contribution is 0.186. The molecule has 0 radical (unpaired) electrons. The maximum atomic E-state index is 11.5. The van der Waals surface area contributed by atoms with E-state index in [9.17, 15) is 9.00 Å². The molecule has 0 aromatic heterocycles. The number of benzene rings is 1. The van der Waals surface area contributed by atoms with Crippen molar-refractivity contribution in [3.8, 4) is 5.75 Å². The van der Waals surface area contributed by atoms with E-state index in [0.29, 0.717) is 5.75 Å². The number of carbonyl (C=O) groups excluding carboxylic acids is 1. The van der Waals surface area contributed by atoms with Crippen LogP contribution in [0, 0.1) is 6.92 Å². The third-order valence-corrected chi connectivity index (χ3v) is 3.53. The van der Waals surface area contributed by atoms with Crippen molar-refractivity contribution in [3.63, 3.8) is 0 Å². The van der Waals surface area contributed by atoms with Gasteiger partial charge in [0.2, 0.25) is 10.2 Å². The maximum absolute atomic E-state index is 11.5. The average Bonchev–Trinajstić information content (AvgIpc) is 2.27. The van der Waals surface area contributed by atoms with Crippen LogP contribution in [0.4, 0.5) is 10.5 Å². The van der Waals surface area contributed by atoms with Crippen LogP contribution in [0.2, 0.25) is 0 Å². The van der Waals surface area contributed by atoms with E-state index in [1.165, 1.54) is 7.05 Å². The highest BCUT2D eigenvalue weighted by Crippen LogP contribution is 2.23. The van der Waals surface area contributed by atoms with Crippen LogP contribution >= 0.6 is 10.7 Å². The Balaban J connectivity index is 2.84. The number of amides is 1. The lowest BCUT2D eigenvalue weighted by atomic mass is 10.2. The van der Waals surface area contributed by atoms with Gasteiger partial charge in [-0.2, -0.15) is 0 Å². The molecule has 5 nitrogen and oxygen atoms in total. The number of ether oxygens (including phenoxy) is 1. The first-order valence-electron chi connectivity index (χ1n) is 5.14. The lowest BCUT2D eigenvalue weighted by Gasteiger charge is -2.17. The lowest BCUT2D eigenvalue weighted by Crippen LogP contribution is -2.29. The number of nitrogens with zero attached hydrogens (tertiary/aromatic N) is 2. The number of carbonyl (C=O) groups is 1. The van der Waals surface area contributed by atoms with Gasteiger partial charge in [-0.25, -0.2) is 13.3 Å². The van der Waals surface area contributed by atoms with E-state index in [2.05, 4.69) is 0 Å². The summed E-state index contributed by atoms with van der Waals surface area (Å²) in [5.41, 5.74) is 2.00. The van der Waals surface area contributed by atoms with Gasteiger partial charge in [0.25, 0.3) is 0 Å². The highest BCUT2D eigenvalue weighted by Gasteiger charge is 2.16. The van der Waals surface area contributed by atoms with Crippen molar-refractivity contribution in [3.05, 3.63) is 23.8 Å². The summed E-state index contributed by atoms with van der Waals surface area (Å²) in [4.78, 5) is 13.5. The Hall–Kier alpha value is -1.27. The van der Waals surface area contributed by atoms with Gasteiger partial charge in [-0.1, -0.05) is 0 Å². The van der Waals surface area contributed by atoms with Gasteiger partial charge in [0.1, 0.15) is 5.75 Å². The first kappa shape index (κ1) is 14.8. The quantitative estimate of drug-likeness (QED) is 0.802. The van der Waals surface area contributed by atoms with Crippen molar-refractivity contribution in [2.75, 3.05) is 26.0 Å². The van der Waals surface area contributed by atoms with Gasteiger partial charge in [-0.05, 0) is 30.7 Å². The summed E-state index contributed by atoms with van der Waals surface area (Å²) in [6.45, 7) is 1.91. The van der Waals surface area contributed by atoms with Crippen LogP contribution in [0.15, 0.2) is 18.2 Å². The molecule has 0 aliphatic heterocycles. The third-order valence-electron chi connectivity index (χ3n) is 2.33. The van der Waals surface area contributed by atoms with Crippen molar-refractivity contribution in [1.29, 1.82) is 0 Å². The van der Waals surface area contributed by atoms with Gasteiger partial charge >= 0.3 is 6.09 Å². The predicted octanol–water partition coefficient (Wildman–Crippen LogP) is 2.31. The molecule has 0 aliphatic carbocycles. The largest absolute Gasteiger partial charge is 0.427 e. The van der Waals surface area contributed by atoms with Crippen molar-refractivity contribution in [2.45, 2.75) is 6.92 Å². The Morgan fingerprint density at radius 2 is 1.94 bits per heavy atom. The fourth-order valence-corrected chi connectivity index (χ4v) is 1.74. The molecule has 0 N–H and O–H groups in total. The fourth-order valence-electron chi connectivity index (χ4n) is 1.42. The zero-order chi connectivity index (χ0) is 13.9. The first-order chi connectivity index (χ1) is 8.32. The van der Waals surface area contributed by atoms with Crippen LogP contribution in [-0.2, 0) is 10.2 Å². The molecule has 1 atom stereocenters. The molecule has 1 amide bonds. The summed E-state index contributed by atoms with van der Waals surface area (Å²) in [5, 5.41) is 0. The SMILES string of the molecule is Cc1cc(OC(=O)N(C)S(=O)Cl)ccc1N(C)C. The Bertz CT molecular complexity index is 479. The number of hydrogen-bond donors (Lipinski definition) is 0. The van der Waals surface area contributed by atoms with Crippen LogP contribution < -0.4 is 9.64 Å². The normalized spacial score (nSPS) is 11.8. The second-order valence-electron chi connectivity index (χ2n) is 3.91. The van der Waals surface area contributed by atoms with Gasteiger partial charge in [0.15, 0.2) is 0 Å². The fraction of sp³-hybridized carbons (Fsp3) is 0.364. The summed E-state index contributed by atoms with van der Waals surface area (Å²) in [6.07, 6.45) is -0.764. The van der Waals surface area contributed by atoms with Gasteiger partial charge in [0.05, 0.1) is 0 Å². The molecule has 0 bridgehead atoms. The smallest absolute Gasteiger partial charge is 0.410 e. The van der Waals surface area contributed by atoms with Crippen LogP contribution in [0.3, 0.4) is 0 Å². The van der Waals surface area contributed by atoms with Crippen LogP contribution in [-0.4, -0.2) is 35.8 Å². The molecule has 0 saturated heterocycles. The molecule has 0 fully saturated rings. The van der Waals surface area contributed by atoms with E-state index in [0.717, 1.165) is 15.6 Å². The Labute approximate surface area is 113 Å². The highest BCUT2D eigenvalue weighted by molar-refractivity contribution is 8.06. The second-order valence-corrected chi connectivity index (χ2v) is 5.67. The average molecular weight is 291 g/mol. The minimum absolute atomic E-state index is 0.386. The molecule has 0 spiro atoms. The van der Waals surface area contributed by atoms with Crippen molar-refractivity contribution in [1.82, 2.24) is 4.31 Å². The van der Waals surface area contributed by atoms with Gasteiger partial charge in [-0.15, -0.1) is 0 Å². The number of aryl methyl sites for hydroxylation is 1. The Kier molecular flexibility index (Phi) is 4.98. The van der Waals surface area contributed by atoms with Crippen molar-refractivity contribution < 1.29 is 13.7 Å². The summed E-state index contributed by atoms with van der Waals surface area (Å²) < 4.78 is 16.7.